The Labute approximate surface area is 222 Å². The van der Waals surface area contributed by atoms with Crippen LogP contribution < -0.4 is 9.47 Å². The molecule has 9 nitrogen and oxygen atoms in total. The Morgan fingerprint density at radius 3 is 2.63 bits per heavy atom. The van der Waals surface area contributed by atoms with Gasteiger partial charge in [-0.3, -0.25) is 4.90 Å². The number of carbonyl (C=O) groups excluding carboxylic acids is 2. The monoisotopic (exact) mass is 522 g/mol. The van der Waals surface area contributed by atoms with Gasteiger partial charge in [-0.1, -0.05) is 30.3 Å². The summed E-state index contributed by atoms with van der Waals surface area (Å²) in [4.78, 5) is 31.6. The van der Waals surface area contributed by atoms with Crippen molar-refractivity contribution < 1.29 is 33.6 Å². The fourth-order valence-corrected chi connectivity index (χ4v) is 4.33. The summed E-state index contributed by atoms with van der Waals surface area (Å²) in [6.45, 7) is 5.92. The van der Waals surface area contributed by atoms with Crippen molar-refractivity contribution in [1.82, 2.24) is 9.88 Å². The van der Waals surface area contributed by atoms with Crippen LogP contribution in [0.5, 0.6) is 11.6 Å². The number of ether oxygens (including phenoxy) is 4. The maximum atomic E-state index is 12.9. The van der Waals surface area contributed by atoms with Gasteiger partial charge in [-0.2, -0.15) is 0 Å². The molecule has 2 atom stereocenters. The number of benzene rings is 2. The van der Waals surface area contributed by atoms with Crippen LogP contribution in [0.3, 0.4) is 0 Å². The van der Waals surface area contributed by atoms with Crippen molar-refractivity contribution >= 4 is 23.0 Å². The van der Waals surface area contributed by atoms with Gasteiger partial charge in [-0.25, -0.2) is 14.6 Å². The zero-order valence-electron chi connectivity index (χ0n) is 22.2. The molecule has 1 aliphatic rings. The maximum Gasteiger partial charge on any atom is 0.411 e. The van der Waals surface area contributed by atoms with Crippen molar-refractivity contribution in [2.45, 2.75) is 51.4 Å². The number of amides is 1. The van der Waals surface area contributed by atoms with Crippen molar-refractivity contribution in [3.05, 3.63) is 54.6 Å². The number of hydrogen-bond acceptors (Lipinski definition) is 8. The molecule has 1 aromatic heterocycles. The number of esters is 1. The molecule has 1 fully saturated rings. The largest absolute Gasteiger partial charge is 0.493 e. The molecule has 0 bridgehead atoms. The lowest BCUT2D eigenvalue weighted by Gasteiger charge is -2.27. The lowest BCUT2D eigenvalue weighted by molar-refractivity contribution is -0.145. The molecule has 1 aliphatic heterocycles. The minimum atomic E-state index is -0.827. The average Bonchev–Trinajstić information content (AvgIpc) is 3.31. The summed E-state index contributed by atoms with van der Waals surface area (Å²) in [5, 5.41) is 10.0. The molecule has 0 spiro atoms. The van der Waals surface area contributed by atoms with Gasteiger partial charge in [0.25, 0.3) is 0 Å². The van der Waals surface area contributed by atoms with Crippen LogP contribution in [0, 0.1) is 0 Å². The number of aliphatic hydroxyl groups is 1. The Hall–Kier alpha value is -3.85. The molecule has 9 heteroatoms. The van der Waals surface area contributed by atoms with Gasteiger partial charge in [0, 0.05) is 30.4 Å². The van der Waals surface area contributed by atoms with E-state index in [1.54, 1.807) is 20.8 Å². The second kappa shape index (κ2) is 11.7. The van der Waals surface area contributed by atoms with Crippen LogP contribution in [-0.2, 0) is 14.3 Å². The van der Waals surface area contributed by atoms with E-state index < -0.39 is 29.8 Å². The highest BCUT2D eigenvalue weighted by Gasteiger charge is 2.43. The van der Waals surface area contributed by atoms with Crippen LogP contribution in [0.1, 0.15) is 33.6 Å². The molecule has 1 saturated heterocycles. The molecule has 0 aliphatic carbocycles. The summed E-state index contributed by atoms with van der Waals surface area (Å²) in [6.07, 6.45) is -0.334. The maximum absolute atomic E-state index is 12.9. The van der Waals surface area contributed by atoms with Crippen LogP contribution >= 0.6 is 0 Å². The zero-order chi connectivity index (χ0) is 27.3. The molecule has 3 aromatic rings. The fraction of sp³-hybridized carbons (Fsp3) is 0.414. The molecule has 0 radical (unpaired) electrons. The number of rotatable bonds is 8. The smallest absolute Gasteiger partial charge is 0.411 e. The van der Waals surface area contributed by atoms with E-state index in [1.165, 1.54) is 12.0 Å². The van der Waals surface area contributed by atoms with Crippen LogP contribution in [-0.4, -0.2) is 71.7 Å². The van der Waals surface area contributed by atoms with E-state index >= 15 is 0 Å². The van der Waals surface area contributed by atoms with Gasteiger partial charge >= 0.3 is 12.1 Å². The molecule has 2 unspecified atom stereocenters. The van der Waals surface area contributed by atoms with Crippen LogP contribution in [0.2, 0.25) is 0 Å². The lowest BCUT2D eigenvalue weighted by Crippen LogP contribution is -2.44. The third-order valence-electron chi connectivity index (χ3n) is 6.05. The second-order valence-corrected chi connectivity index (χ2v) is 10.1. The lowest BCUT2D eigenvalue weighted by atomic mass is 10.0. The van der Waals surface area contributed by atoms with E-state index in [-0.39, 0.29) is 19.6 Å². The number of likely N-dealkylation sites (tertiary alicyclic amines) is 1. The summed E-state index contributed by atoms with van der Waals surface area (Å²) < 4.78 is 22.7. The van der Waals surface area contributed by atoms with Gasteiger partial charge in [0.15, 0.2) is 0 Å². The molecule has 2 heterocycles. The number of para-hydroxylation sites is 1. The summed E-state index contributed by atoms with van der Waals surface area (Å²) in [7, 11) is 1.29. The predicted molar refractivity (Wildman–Crippen MR) is 142 cm³/mol. The van der Waals surface area contributed by atoms with E-state index in [9.17, 15) is 9.59 Å². The highest BCUT2D eigenvalue weighted by Crippen LogP contribution is 2.36. The van der Waals surface area contributed by atoms with Crippen molar-refractivity contribution in [2.24, 2.45) is 0 Å². The third-order valence-corrected chi connectivity index (χ3v) is 6.05. The standard InChI is InChI=1S/C29H34N2O7/c1-29(2,3)38-28(34)31-18-22(17-25(31)27(33)35-4)37-26-23(16-20-9-5-6-12-24(20)30-26)19-10-7-11-21(15-19)36-14-8-13-32/h5-7,9-12,15-16,22,25,32H,8,13-14,17-18H2,1-4H3. The van der Waals surface area contributed by atoms with Crippen LogP contribution in [0.4, 0.5) is 4.79 Å². The van der Waals surface area contributed by atoms with Crippen molar-refractivity contribution in [1.29, 1.82) is 0 Å². The molecule has 38 heavy (non-hydrogen) atoms. The van der Waals surface area contributed by atoms with Crippen molar-refractivity contribution in [2.75, 3.05) is 26.9 Å². The van der Waals surface area contributed by atoms with Gasteiger partial charge in [0.05, 0.1) is 25.8 Å². The van der Waals surface area contributed by atoms with Crippen molar-refractivity contribution in [3.63, 3.8) is 0 Å². The topological polar surface area (TPSA) is 107 Å². The van der Waals surface area contributed by atoms with E-state index in [4.69, 9.17) is 29.0 Å². The molecular formula is C29H34N2O7. The molecule has 1 amide bonds. The molecular weight excluding hydrogens is 488 g/mol. The molecule has 0 saturated carbocycles. The van der Waals surface area contributed by atoms with Crippen LogP contribution in [0.25, 0.3) is 22.0 Å². The first-order valence-electron chi connectivity index (χ1n) is 12.7. The molecule has 2 aromatic carbocycles. The number of carbonyl (C=O) groups is 2. The summed E-state index contributed by atoms with van der Waals surface area (Å²) in [5.74, 6) is 0.523. The highest BCUT2D eigenvalue weighted by atomic mass is 16.6. The Kier molecular flexibility index (Phi) is 8.36. The van der Waals surface area contributed by atoms with Crippen LogP contribution in [0.15, 0.2) is 54.6 Å². The predicted octanol–water partition coefficient (Wildman–Crippen LogP) is 4.59. The molecule has 4 rings (SSSR count). The number of hydrogen-bond donors (Lipinski definition) is 1. The van der Waals surface area contributed by atoms with E-state index in [0.717, 1.165) is 22.0 Å². The Morgan fingerprint density at radius 2 is 1.89 bits per heavy atom. The van der Waals surface area contributed by atoms with Gasteiger partial charge in [-0.05, 0) is 50.6 Å². The summed E-state index contributed by atoms with van der Waals surface area (Å²) in [6, 6.07) is 16.5. The Balaban J connectivity index is 1.66. The number of aromatic nitrogens is 1. The van der Waals surface area contributed by atoms with Gasteiger partial charge in [-0.15, -0.1) is 0 Å². The number of methoxy groups -OCH3 is 1. The first kappa shape index (κ1) is 27.2. The summed E-state index contributed by atoms with van der Waals surface area (Å²) >= 11 is 0. The average molecular weight is 523 g/mol. The minimum Gasteiger partial charge on any atom is -0.493 e. The summed E-state index contributed by atoms with van der Waals surface area (Å²) in [5.41, 5.74) is 1.63. The van der Waals surface area contributed by atoms with Gasteiger partial charge in [0.1, 0.15) is 23.5 Å². The normalized spacial score (nSPS) is 17.3. The fourth-order valence-electron chi connectivity index (χ4n) is 4.33. The van der Waals surface area contributed by atoms with Gasteiger partial charge in [0.2, 0.25) is 5.88 Å². The van der Waals surface area contributed by atoms with Gasteiger partial charge < -0.3 is 24.1 Å². The highest BCUT2D eigenvalue weighted by molar-refractivity contribution is 5.86. The third kappa shape index (κ3) is 6.52. The second-order valence-electron chi connectivity index (χ2n) is 10.1. The first-order valence-corrected chi connectivity index (χ1v) is 12.7. The SMILES string of the molecule is COC(=O)C1CC(Oc2nc3ccccc3cc2-c2cccc(OCCCO)c2)CN1C(=O)OC(C)(C)C. The number of fused-ring (bicyclic) bond motifs is 1. The number of nitrogens with zero attached hydrogens (tertiary/aromatic N) is 2. The Morgan fingerprint density at radius 1 is 1.11 bits per heavy atom. The molecule has 202 valence electrons. The Bertz CT molecular complexity index is 1290. The zero-order valence-corrected chi connectivity index (χ0v) is 22.2. The minimum absolute atomic E-state index is 0.0561. The number of aliphatic hydroxyl groups excluding tert-OH is 1. The number of pyridine rings is 1. The molecule has 1 N–H and O–H groups in total. The van der Waals surface area contributed by atoms with E-state index in [1.807, 2.05) is 54.6 Å². The quantitative estimate of drug-likeness (QED) is 0.338. The first-order chi connectivity index (χ1) is 18.2. The van der Waals surface area contributed by atoms with Crippen molar-refractivity contribution in [3.8, 4) is 22.8 Å². The van der Waals surface area contributed by atoms with E-state index in [0.29, 0.717) is 24.7 Å². The van der Waals surface area contributed by atoms with E-state index in [2.05, 4.69) is 0 Å².